The Hall–Kier alpha value is -2.91. The van der Waals surface area contributed by atoms with Crippen molar-refractivity contribution in [2.75, 3.05) is 33.9 Å². The van der Waals surface area contributed by atoms with Gasteiger partial charge in [0.1, 0.15) is 23.3 Å². The van der Waals surface area contributed by atoms with Gasteiger partial charge in [0.25, 0.3) is 10.0 Å². The Morgan fingerprint density at radius 3 is 2.08 bits per heavy atom. The summed E-state index contributed by atoms with van der Waals surface area (Å²) in [4.78, 5) is 6.77. The number of sulfonamides is 2. The molecule has 0 aliphatic carbocycles. The van der Waals surface area contributed by atoms with Crippen molar-refractivity contribution in [3.63, 3.8) is 0 Å². The van der Waals surface area contributed by atoms with E-state index in [-0.39, 0.29) is 5.69 Å². The van der Waals surface area contributed by atoms with Gasteiger partial charge < -0.3 is 9.80 Å². The Labute approximate surface area is 226 Å². The lowest BCUT2D eigenvalue weighted by atomic mass is 10.1. The van der Waals surface area contributed by atoms with E-state index >= 15 is 0 Å². The van der Waals surface area contributed by atoms with Crippen LogP contribution in [0.5, 0.6) is 0 Å². The number of aromatic nitrogens is 2. The molecule has 0 bridgehead atoms. The van der Waals surface area contributed by atoms with Gasteiger partial charge in [-0.2, -0.15) is 27.9 Å². The summed E-state index contributed by atoms with van der Waals surface area (Å²) in [5.41, 5.74) is -2.74. The first-order valence-electron chi connectivity index (χ1n) is 10.0. The first kappa shape index (κ1) is 31.3. The fourth-order valence-corrected chi connectivity index (χ4v) is 6.42. The van der Waals surface area contributed by atoms with Gasteiger partial charge in [-0.25, -0.2) is 31.6 Å². The Bertz CT molecular complexity index is 1510. The van der Waals surface area contributed by atoms with Crippen LogP contribution in [-0.4, -0.2) is 83.0 Å². The van der Waals surface area contributed by atoms with Crippen LogP contribution in [-0.2, 0) is 26.2 Å². The van der Waals surface area contributed by atoms with Crippen LogP contribution in [0.3, 0.4) is 0 Å². The van der Waals surface area contributed by atoms with Gasteiger partial charge in [0.05, 0.1) is 33.3 Å². The molecule has 1 aromatic heterocycles. The smallest absolute Gasteiger partial charge is 0.369 e. The number of nitrogens with two attached hydrogens (primary N) is 1. The fraction of sp³-hybridized carbons (Fsp3) is 0.368. The van der Waals surface area contributed by atoms with Crippen molar-refractivity contribution in [3.8, 4) is 11.8 Å². The molecular weight excluding hydrogens is 596 g/mol. The van der Waals surface area contributed by atoms with Gasteiger partial charge in [-0.3, -0.25) is 0 Å². The number of primary sulfonamides is 1. The Morgan fingerprint density at radius 2 is 1.66 bits per heavy atom. The first-order valence-corrected chi connectivity index (χ1v) is 14.0. The minimum atomic E-state index is -4.80. The molecular formula is C19H21Cl2F3N8O4S2. The van der Waals surface area contributed by atoms with Crippen LogP contribution < -0.4 is 5.14 Å². The molecule has 1 atom stereocenters. The summed E-state index contributed by atoms with van der Waals surface area (Å²) >= 11 is 12.2. The topological polar surface area (TPSA) is 167 Å². The molecule has 0 spiro atoms. The minimum absolute atomic E-state index is 0.376. The molecule has 2 aromatic rings. The summed E-state index contributed by atoms with van der Waals surface area (Å²) in [6, 6.07) is 2.75. The van der Waals surface area contributed by atoms with Crippen molar-refractivity contribution in [1.29, 1.82) is 5.26 Å². The molecule has 2 N–H and O–H groups in total. The lowest BCUT2D eigenvalue weighted by Crippen LogP contribution is -2.27. The highest BCUT2D eigenvalue weighted by molar-refractivity contribution is 7.93. The molecule has 0 saturated heterocycles. The summed E-state index contributed by atoms with van der Waals surface area (Å²) in [5, 5.41) is 15.7. The van der Waals surface area contributed by atoms with E-state index in [1.54, 1.807) is 6.07 Å². The van der Waals surface area contributed by atoms with E-state index in [1.165, 1.54) is 38.0 Å². The normalized spacial score (nSPS) is 13.7. The zero-order valence-electron chi connectivity index (χ0n) is 20.1. The number of nitrogens with zero attached hydrogens (tertiary/aromatic N) is 7. The molecule has 2 rings (SSSR count). The van der Waals surface area contributed by atoms with Gasteiger partial charge in [-0.15, -0.1) is 0 Å². The third-order valence-electron chi connectivity index (χ3n) is 4.46. The van der Waals surface area contributed by atoms with Gasteiger partial charge >= 0.3 is 6.18 Å². The standard InChI is InChI=1S/C19H21Cl2F3N8O4S2/c1-30(2)9-27-18-16(15(8-37(26,33)34)38(35,36)28-10-31(3)4)14(7-25)29-32(18)17-12(20)5-11(6-13(17)21)19(22,23)24/h5-6,9-10,15H,8H2,1-4H3,(H2,26,33,34). The van der Waals surface area contributed by atoms with Gasteiger partial charge in [0, 0.05) is 28.2 Å². The third kappa shape index (κ3) is 7.57. The van der Waals surface area contributed by atoms with Gasteiger partial charge in [-0.1, -0.05) is 23.2 Å². The summed E-state index contributed by atoms with van der Waals surface area (Å²) in [6.45, 7) is 0. The number of aliphatic imine (C=N–C) groups is 1. The van der Waals surface area contributed by atoms with Crippen LogP contribution in [0.4, 0.5) is 19.0 Å². The Balaban J connectivity index is 3.05. The lowest BCUT2D eigenvalue weighted by molar-refractivity contribution is -0.137. The van der Waals surface area contributed by atoms with Crippen molar-refractivity contribution in [1.82, 2.24) is 19.6 Å². The number of alkyl halides is 3. The molecule has 12 nitrogen and oxygen atoms in total. The van der Waals surface area contributed by atoms with Crippen LogP contribution in [0.2, 0.25) is 10.0 Å². The third-order valence-corrected chi connectivity index (χ3v) is 7.55. The highest BCUT2D eigenvalue weighted by Gasteiger charge is 2.39. The second kappa shape index (κ2) is 11.5. The highest BCUT2D eigenvalue weighted by atomic mass is 35.5. The molecule has 0 aliphatic rings. The molecule has 1 heterocycles. The average molecular weight is 617 g/mol. The zero-order chi connectivity index (χ0) is 29.2. The summed E-state index contributed by atoms with van der Waals surface area (Å²) in [7, 11) is -3.29. The maximum Gasteiger partial charge on any atom is 0.416 e. The molecule has 0 amide bonds. The van der Waals surface area contributed by atoms with Crippen molar-refractivity contribution < 1.29 is 30.0 Å². The second-order valence-corrected chi connectivity index (χ2v) is 12.4. The van der Waals surface area contributed by atoms with E-state index in [9.17, 15) is 35.3 Å². The number of rotatable bonds is 9. The van der Waals surface area contributed by atoms with Crippen molar-refractivity contribution in [3.05, 3.63) is 39.0 Å². The highest BCUT2D eigenvalue weighted by Crippen LogP contribution is 2.42. The lowest BCUT2D eigenvalue weighted by Gasteiger charge is -2.16. The quantitative estimate of drug-likeness (QED) is 0.331. The van der Waals surface area contributed by atoms with E-state index in [2.05, 4.69) is 14.5 Å². The van der Waals surface area contributed by atoms with E-state index in [4.69, 9.17) is 28.3 Å². The maximum absolute atomic E-state index is 13.3. The minimum Gasteiger partial charge on any atom is -0.369 e. The van der Waals surface area contributed by atoms with Crippen LogP contribution in [0, 0.1) is 11.3 Å². The number of halogens is 5. The van der Waals surface area contributed by atoms with E-state index in [1.807, 2.05) is 0 Å². The molecule has 19 heteroatoms. The van der Waals surface area contributed by atoms with Crippen LogP contribution in [0.15, 0.2) is 21.5 Å². The SMILES string of the molecule is CN(C)C=Nc1c(C(CS(N)(=O)=O)S(=O)(=O)N=CN(C)C)c(C#N)nn1-c1c(Cl)cc(C(F)(F)F)cc1Cl. The maximum atomic E-state index is 13.3. The second-order valence-electron chi connectivity index (χ2n) is 8.12. The average Bonchev–Trinajstić information content (AvgIpc) is 3.10. The van der Waals surface area contributed by atoms with Crippen molar-refractivity contribution >= 4 is 61.7 Å². The predicted octanol–water partition coefficient (Wildman–Crippen LogP) is 2.54. The molecule has 208 valence electrons. The zero-order valence-corrected chi connectivity index (χ0v) is 23.3. The van der Waals surface area contributed by atoms with E-state index < -0.39 is 69.9 Å². The van der Waals surface area contributed by atoms with Crippen molar-refractivity contribution in [2.24, 2.45) is 14.5 Å². The largest absolute Gasteiger partial charge is 0.416 e. The molecule has 0 radical (unpaired) electrons. The Kier molecular flexibility index (Phi) is 9.44. The summed E-state index contributed by atoms with van der Waals surface area (Å²) in [6.07, 6.45) is -2.77. The van der Waals surface area contributed by atoms with E-state index in [0.717, 1.165) is 17.4 Å². The van der Waals surface area contributed by atoms with Crippen LogP contribution >= 0.6 is 23.2 Å². The molecule has 1 aromatic carbocycles. The van der Waals surface area contributed by atoms with Gasteiger partial charge in [0.15, 0.2) is 11.5 Å². The molecule has 0 fully saturated rings. The predicted molar refractivity (Wildman–Crippen MR) is 137 cm³/mol. The first-order chi connectivity index (χ1) is 17.3. The Morgan fingerprint density at radius 1 is 1.13 bits per heavy atom. The van der Waals surface area contributed by atoms with Gasteiger partial charge in [-0.05, 0) is 12.1 Å². The monoisotopic (exact) mass is 616 g/mol. The number of benzene rings is 1. The number of hydrogen-bond donors (Lipinski definition) is 1. The van der Waals surface area contributed by atoms with Crippen molar-refractivity contribution in [2.45, 2.75) is 11.4 Å². The number of nitriles is 1. The fourth-order valence-electron chi connectivity index (χ4n) is 2.94. The van der Waals surface area contributed by atoms with E-state index in [0.29, 0.717) is 12.1 Å². The molecule has 0 aliphatic heterocycles. The van der Waals surface area contributed by atoms with Crippen LogP contribution in [0.1, 0.15) is 22.1 Å². The summed E-state index contributed by atoms with van der Waals surface area (Å²) in [5.74, 6) is -1.70. The number of hydrogen-bond acceptors (Lipinski definition) is 7. The molecule has 38 heavy (non-hydrogen) atoms. The van der Waals surface area contributed by atoms with Gasteiger partial charge in [0.2, 0.25) is 10.0 Å². The van der Waals surface area contributed by atoms with Crippen LogP contribution in [0.25, 0.3) is 5.69 Å². The summed E-state index contributed by atoms with van der Waals surface area (Å²) < 4.78 is 94.4. The molecule has 1 unspecified atom stereocenters. The molecule has 0 saturated carbocycles.